The predicted octanol–water partition coefficient (Wildman–Crippen LogP) is 3.07. The molecule has 1 aromatic carbocycles. The number of hydrogen-bond donors (Lipinski definition) is 1. The van der Waals surface area contributed by atoms with Gasteiger partial charge in [0, 0.05) is 43.6 Å². The number of nitrogens with zero attached hydrogens (tertiary/aromatic N) is 1. The third-order valence-electron chi connectivity index (χ3n) is 5.24. The molecule has 29 heavy (non-hydrogen) atoms. The number of amides is 1. The summed E-state index contributed by atoms with van der Waals surface area (Å²) in [4.78, 5) is 38.9. The minimum atomic E-state index is -0.465. The van der Waals surface area contributed by atoms with Gasteiger partial charge in [0.15, 0.2) is 5.78 Å². The van der Waals surface area contributed by atoms with Gasteiger partial charge in [-0.15, -0.1) is 0 Å². The third kappa shape index (κ3) is 4.48. The van der Waals surface area contributed by atoms with E-state index in [0.717, 1.165) is 5.56 Å². The summed E-state index contributed by atoms with van der Waals surface area (Å²) in [5, 5.41) is 2.76. The highest BCUT2D eigenvalue weighted by molar-refractivity contribution is 6.02. The Labute approximate surface area is 170 Å². The number of fused-ring (bicyclic) bond motifs is 1. The number of benzene rings is 1. The second kappa shape index (κ2) is 8.33. The van der Waals surface area contributed by atoms with Crippen molar-refractivity contribution in [2.45, 2.75) is 40.0 Å². The lowest BCUT2D eigenvalue weighted by molar-refractivity contribution is 0.0908. The fraction of sp³-hybridized carbons (Fsp3) is 0.435. The summed E-state index contributed by atoms with van der Waals surface area (Å²) in [6, 6.07) is 9.02. The molecule has 1 aromatic heterocycles. The van der Waals surface area contributed by atoms with Crippen LogP contribution in [0.15, 0.2) is 35.1 Å². The molecule has 0 saturated carbocycles. The maximum absolute atomic E-state index is 13.3. The summed E-state index contributed by atoms with van der Waals surface area (Å²) in [7, 11) is 1.60. The van der Waals surface area contributed by atoms with Crippen molar-refractivity contribution in [1.29, 1.82) is 0 Å². The average Bonchev–Trinajstić information content (AvgIpc) is 2.65. The molecule has 1 N–H and O–H groups in total. The number of rotatable bonds is 6. The maximum Gasteiger partial charge on any atom is 0.268 e. The van der Waals surface area contributed by atoms with Gasteiger partial charge >= 0.3 is 0 Å². The highest BCUT2D eigenvalue weighted by Gasteiger charge is 2.35. The third-order valence-corrected chi connectivity index (χ3v) is 5.24. The Morgan fingerprint density at radius 3 is 2.52 bits per heavy atom. The Balaban J connectivity index is 2.13. The SMILES string of the molecule is COCCCNC(=O)c1cc2c(n(-c3ccc(C)cc3)c1=O)CC(C)(C)CC2=O. The highest BCUT2D eigenvalue weighted by Crippen LogP contribution is 2.35. The topological polar surface area (TPSA) is 77.4 Å². The van der Waals surface area contributed by atoms with Crippen molar-refractivity contribution >= 4 is 11.7 Å². The van der Waals surface area contributed by atoms with Crippen molar-refractivity contribution in [3.63, 3.8) is 0 Å². The Kier molecular flexibility index (Phi) is 6.03. The van der Waals surface area contributed by atoms with Crippen molar-refractivity contribution in [2.75, 3.05) is 20.3 Å². The second-order valence-corrected chi connectivity index (χ2v) is 8.44. The smallest absolute Gasteiger partial charge is 0.268 e. The van der Waals surface area contributed by atoms with Crippen molar-refractivity contribution in [1.82, 2.24) is 9.88 Å². The molecule has 1 aliphatic carbocycles. The van der Waals surface area contributed by atoms with E-state index >= 15 is 0 Å². The highest BCUT2D eigenvalue weighted by atomic mass is 16.5. The van der Waals surface area contributed by atoms with E-state index in [0.29, 0.717) is 49.4 Å². The molecule has 2 aromatic rings. The molecule has 1 amide bonds. The molecular weight excluding hydrogens is 368 g/mol. The van der Waals surface area contributed by atoms with Gasteiger partial charge in [-0.25, -0.2) is 0 Å². The summed E-state index contributed by atoms with van der Waals surface area (Å²) in [6.45, 7) is 6.93. The number of aromatic nitrogens is 1. The number of Topliss-reactive ketones (excluding diaryl/α,β-unsaturated/α-hetero) is 1. The number of methoxy groups -OCH3 is 1. The molecule has 0 atom stereocenters. The zero-order valence-electron chi connectivity index (χ0n) is 17.5. The molecule has 0 fully saturated rings. The predicted molar refractivity (Wildman–Crippen MR) is 112 cm³/mol. The minimum Gasteiger partial charge on any atom is -0.385 e. The van der Waals surface area contributed by atoms with E-state index in [9.17, 15) is 14.4 Å². The largest absolute Gasteiger partial charge is 0.385 e. The molecule has 1 heterocycles. The number of aryl methyl sites for hydroxylation is 1. The molecule has 3 rings (SSSR count). The van der Waals surface area contributed by atoms with E-state index in [2.05, 4.69) is 5.32 Å². The summed E-state index contributed by atoms with van der Waals surface area (Å²) in [5.74, 6) is -0.502. The molecule has 6 heteroatoms. The van der Waals surface area contributed by atoms with Crippen LogP contribution in [0.25, 0.3) is 5.69 Å². The van der Waals surface area contributed by atoms with Crippen LogP contribution in [-0.2, 0) is 11.2 Å². The molecular formula is C23H28N2O4. The van der Waals surface area contributed by atoms with Crippen LogP contribution < -0.4 is 10.9 Å². The lowest BCUT2D eigenvalue weighted by Crippen LogP contribution is -2.39. The van der Waals surface area contributed by atoms with Gasteiger partial charge in [0.2, 0.25) is 0 Å². The summed E-state index contributed by atoms with van der Waals surface area (Å²) >= 11 is 0. The van der Waals surface area contributed by atoms with Gasteiger partial charge < -0.3 is 10.1 Å². The first kappa shape index (κ1) is 21.0. The van der Waals surface area contributed by atoms with E-state index in [4.69, 9.17) is 4.74 Å². The van der Waals surface area contributed by atoms with Crippen molar-refractivity contribution in [3.8, 4) is 5.69 Å². The van der Waals surface area contributed by atoms with Gasteiger partial charge in [0.05, 0.1) is 0 Å². The van der Waals surface area contributed by atoms with E-state index in [1.54, 1.807) is 7.11 Å². The zero-order chi connectivity index (χ0) is 21.2. The molecule has 0 aliphatic heterocycles. The lowest BCUT2D eigenvalue weighted by Gasteiger charge is -2.32. The van der Waals surface area contributed by atoms with E-state index in [-0.39, 0.29) is 16.8 Å². The van der Waals surface area contributed by atoms with Gasteiger partial charge in [-0.05, 0) is 43.4 Å². The second-order valence-electron chi connectivity index (χ2n) is 8.44. The van der Waals surface area contributed by atoms with E-state index < -0.39 is 11.5 Å². The van der Waals surface area contributed by atoms with Crippen LogP contribution >= 0.6 is 0 Å². The van der Waals surface area contributed by atoms with Crippen LogP contribution in [0.4, 0.5) is 0 Å². The first-order chi connectivity index (χ1) is 13.7. The van der Waals surface area contributed by atoms with E-state index in [1.165, 1.54) is 10.6 Å². The van der Waals surface area contributed by atoms with E-state index in [1.807, 2.05) is 45.0 Å². The fourth-order valence-electron chi connectivity index (χ4n) is 3.76. The number of carbonyl (C=O) groups excluding carboxylic acids is 2. The van der Waals surface area contributed by atoms with Gasteiger partial charge in [-0.2, -0.15) is 0 Å². The number of ketones is 1. The van der Waals surface area contributed by atoms with Crippen LogP contribution in [0.5, 0.6) is 0 Å². The number of pyridine rings is 1. The Bertz CT molecular complexity index is 987. The number of hydrogen-bond acceptors (Lipinski definition) is 4. The van der Waals surface area contributed by atoms with Gasteiger partial charge in [0.1, 0.15) is 5.56 Å². The average molecular weight is 396 g/mol. The van der Waals surface area contributed by atoms with Crippen LogP contribution in [0.1, 0.15) is 58.7 Å². The standard InChI is InChI=1S/C23H28N2O4/c1-15-6-8-16(9-7-15)25-19-13-23(2,3)14-20(26)17(19)12-18(22(25)28)21(27)24-10-5-11-29-4/h6-9,12H,5,10-11,13-14H2,1-4H3,(H,24,27). The van der Waals surface area contributed by atoms with Crippen LogP contribution in [0, 0.1) is 12.3 Å². The molecule has 0 saturated heterocycles. The zero-order valence-corrected chi connectivity index (χ0v) is 17.5. The quantitative estimate of drug-likeness (QED) is 0.762. The Morgan fingerprint density at radius 2 is 1.86 bits per heavy atom. The first-order valence-corrected chi connectivity index (χ1v) is 9.90. The molecule has 0 radical (unpaired) electrons. The normalized spacial score (nSPS) is 15.1. The Hall–Kier alpha value is -2.73. The van der Waals surface area contributed by atoms with Crippen LogP contribution in [0.2, 0.25) is 0 Å². The molecule has 154 valence electrons. The number of nitrogens with one attached hydrogen (secondary N) is 1. The molecule has 1 aliphatic rings. The monoisotopic (exact) mass is 396 g/mol. The van der Waals surface area contributed by atoms with Crippen molar-refractivity contribution < 1.29 is 14.3 Å². The first-order valence-electron chi connectivity index (χ1n) is 9.90. The summed E-state index contributed by atoms with van der Waals surface area (Å²) in [5.41, 5.74) is 2.22. The molecule has 0 bridgehead atoms. The van der Waals surface area contributed by atoms with Gasteiger partial charge in [-0.3, -0.25) is 19.0 Å². The lowest BCUT2D eigenvalue weighted by atomic mass is 9.75. The molecule has 0 unspecified atom stereocenters. The van der Waals surface area contributed by atoms with Crippen molar-refractivity contribution in [3.05, 3.63) is 63.1 Å². The van der Waals surface area contributed by atoms with Gasteiger partial charge in [0.25, 0.3) is 11.5 Å². The Morgan fingerprint density at radius 1 is 1.17 bits per heavy atom. The summed E-state index contributed by atoms with van der Waals surface area (Å²) in [6.07, 6.45) is 1.63. The number of carbonyl (C=O) groups is 2. The van der Waals surface area contributed by atoms with Crippen LogP contribution in [-0.4, -0.2) is 36.5 Å². The van der Waals surface area contributed by atoms with Gasteiger partial charge in [-0.1, -0.05) is 31.5 Å². The maximum atomic E-state index is 13.3. The fourth-order valence-corrected chi connectivity index (χ4v) is 3.76. The van der Waals surface area contributed by atoms with Crippen LogP contribution in [0.3, 0.4) is 0 Å². The van der Waals surface area contributed by atoms with Crippen molar-refractivity contribution in [2.24, 2.45) is 5.41 Å². The summed E-state index contributed by atoms with van der Waals surface area (Å²) < 4.78 is 6.53. The molecule has 0 spiro atoms. The minimum absolute atomic E-state index is 0.00482. The molecule has 6 nitrogen and oxygen atoms in total. The number of ether oxygens (including phenoxy) is 1.